The second-order valence-corrected chi connectivity index (χ2v) is 10.5. The van der Waals surface area contributed by atoms with Gasteiger partial charge in [0, 0.05) is 31.3 Å². The molecule has 37 heavy (non-hydrogen) atoms. The quantitative estimate of drug-likeness (QED) is 0.288. The lowest BCUT2D eigenvalue weighted by Crippen LogP contribution is -2.39. The van der Waals surface area contributed by atoms with E-state index in [-0.39, 0.29) is 11.3 Å². The first-order valence-electron chi connectivity index (χ1n) is 13.3. The molecular weight excluding hydrogens is 484 g/mol. The average Bonchev–Trinajstić information content (AvgIpc) is 2.96. The van der Waals surface area contributed by atoms with Crippen LogP contribution in [0.25, 0.3) is 16.8 Å². The molecule has 194 valence electrons. The van der Waals surface area contributed by atoms with Gasteiger partial charge in [-0.05, 0) is 60.3 Å². The summed E-state index contributed by atoms with van der Waals surface area (Å²) in [6.45, 7) is 5.78. The molecule has 1 atom stereocenters. The van der Waals surface area contributed by atoms with Crippen LogP contribution in [0.2, 0.25) is 0 Å². The number of halogens is 1. The molecule has 2 aliphatic rings. The second kappa shape index (κ2) is 12.6. The Hall–Kier alpha value is -2.86. The van der Waals surface area contributed by atoms with E-state index in [1.54, 1.807) is 11.0 Å². The van der Waals surface area contributed by atoms with Gasteiger partial charge in [-0.2, -0.15) is 0 Å². The molecule has 2 aliphatic heterocycles. The van der Waals surface area contributed by atoms with Gasteiger partial charge in [0.2, 0.25) is 5.91 Å². The third-order valence-electron chi connectivity index (χ3n) is 7.36. The number of carbonyl (C=O) groups excluding carboxylic acids is 1. The molecule has 0 spiro atoms. The molecule has 0 N–H and O–H groups in total. The average molecular weight is 519 g/mol. The second-order valence-electron chi connectivity index (χ2n) is 9.90. The van der Waals surface area contributed by atoms with Crippen molar-refractivity contribution in [2.24, 2.45) is 0 Å². The summed E-state index contributed by atoms with van der Waals surface area (Å²) in [6.07, 6.45) is 5.74. The van der Waals surface area contributed by atoms with E-state index in [4.69, 9.17) is 21.1 Å². The molecule has 5 nitrogen and oxygen atoms in total. The number of likely N-dealkylation sites (tertiary alicyclic amines) is 1. The fraction of sp³-hybridized carbons (Fsp3) is 0.387. The summed E-state index contributed by atoms with van der Waals surface area (Å²) in [5.41, 5.74) is 2.32. The maximum Gasteiger partial charge on any atom is 0.246 e. The normalized spacial score (nSPS) is 18.4. The number of rotatable bonds is 8. The van der Waals surface area contributed by atoms with Gasteiger partial charge in [0.15, 0.2) is 0 Å². The summed E-state index contributed by atoms with van der Waals surface area (Å²) in [4.78, 5) is 16.7. The molecule has 1 unspecified atom stereocenters. The molecule has 1 amide bonds. The number of hydrogen-bond donors (Lipinski definition) is 0. The van der Waals surface area contributed by atoms with Crippen molar-refractivity contribution in [3.8, 4) is 5.75 Å². The largest absolute Gasteiger partial charge is 0.491 e. The van der Waals surface area contributed by atoms with Crippen molar-refractivity contribution >= 4 is 34.4 Å². The lowest BCUT2D eigenvalue weighted by Gasteiger charge is -2.33. The number of morpholine rings is 1. The Morgan fingerprint density at radius 1 is 0.973 bits per heavy atom. The first-order valence-corrected chi connectivity index (χ1v) is 13.7. The third kappa shape index (κ3) is 6.92. The number of para-hydroxylation sites is 1. The van der Waals surface area contributed by atoms with Crippen LogP contribution in [0.1, 0.15) is 29.9 Å². The summed E-state index contributed by atoms with van der Waals surface area (Å²) in [6, 6.07) is 23.2. The predicted molar refractivity (Wildman–Crippen MR) is 150 cm³/mol. The van der Waals surface area contributed by atoms with Crippen LogP contribution in [-0.2, 0) is 9.53 Å². The molecule has 0 radical (unpaired) electrons. The number of amides is 1. The number of nitrogens with zero attached hydrogens (tertiary/aromatic N) is 2. The van der Waals surface area contributed by atoms with Gasteiger partial charge in [-0.3, -0.25) is 4.79 Å². The molecule has 3 aromatic carbocycles. The van der Waals surface area contributed by atoms with Crippen molar-refractivity contribution in [1.29, 1.82) is 0 Å². The SMILES string of the molecule is O=C(C=Cc1ccccc1OCC(Cl)CN1CCC(c2ccc3ccccc3c2)CC1)N1CCOCC1. The minimum Gasteiger partial charge on any atom is -0.491 e. The standard InChI is InChI=1S/C31H35ClN2O3/c32-29(22-33-15-13-25(14-16-33)28-10-9-24-5-1-2-7-27(24)21-28)23-37-30-8-4-3-6-26(30)11-12-31(35)34-17-19-36-20-18-34/h1-12,21,25,29H,13-20,22-23H2. The fourth-order valence-electron chi connectivity index (χ4n) is 5.22. The van der Waals surface area contributed by atoms with Crippen LogP contribution in [0.3, 0.4) is 0 Å². The van der Waals surface area contributed by atoms with Crippen molar-refractivity contribution in [1.82, 2.24) is 9.80 Å². The van der Waals surface area contributed by atoms with E-state index < -0.39 is 0 Å². The maximum atomic E-state index is 12.5. The monoisotopic (exact) mass is 518 g/mol. The predicted octanol–water partition coefficient (Wildman–Crippen LogP) is 5.58. The van der Waals surface area contributed by atoms with Gasteiger partial charge in [0.25, 0.3) is 0 Å². The Balaban J connectivity index is 1.09. The number of carbonyl (C=O) groups is 1. The van der Waals surface area contributed by atoms with Crippen molar-refractivity contribution in [2.75, 3.05) is 52.5 Å². The Morgan fingerprint density at radius 2 is 1.70 bits per heavy atom. The van der Waals surface area contributed by atoms with E-state index in [2.05, 4.69) is 47.4 Å². The molecule has 0 saturated carbocycles. The summed E-state index contributed by atoms with van der Waals surface area (Å²) in [7, 11) is 0. The number of piperidine rings is 1. The molecule has 0 aliphatic carbocycles. The van der Waals surface area contributed by atoms with Crippen LogP contribution in [-0.4, -0.2) is 73.6 Å². The molecule has 2 fully saturated rings. The van der Waals surface area contributed by atoms with Gasteiger partial charge in [-0.15, -0.1) is 11.6 Å². The van der Waals surface area contributed by atoms with E-state index in [9.17, 15) is 4.79 Å². The van der Waals surface area contributed by atoms with Crippen LogP contribution in [0.4, 0.5) is 0 Å². The smallest absolute Gasteiger partial charge is 0.246 e. The first kappa shape index (κ1) is 25.8. The van der Waals surface area contributed by atoms with Crippen LogP contribution < -0.4 is 4.74 Å². The lowest BCUT2D eigenvalue weighted by atomic mass is 9.88. The van der Waals surface area contributed by atoms with Gasteiger partial charge in [0.1, 0.15) is 12.4 Å². The van der Waals surface area contributed by atoms with Crippen molar-refractivity contribution in [2.45, 2.75) is 24.1 Å². The van der Waals surface area contributed by atoms with Gasteiger partial charge in [0.05, 0.1) is 18.6 Å². The van der Waals surface area contributed by atoms with Crippen LogP contribution >= 0.6 is 11.6 Å². The number of ether oxygens (including phenoxy) is 2. The summed E-state index contributed by atoms with van der Waals surface area (Å²) >= 11 is 6.71. The zero-order chi connectivity index (χ0) is 25.5. The van der Waals surface area contributed by atoms with Crippen molar-refractivity contribution in [3.05, 3.63) is 83.9 Å². The third-order valence-corrected chi connectivity index (χ3v) is 7.62. The summed E-state index contributed by atoms with van der Waals surface area (Å²) in [5.74, 6) is 1.35. The first-order chi connectivity index (χ1) is 18.2. The highest BCUT2D eigenvalue weighted by molar-refractivity contribution is 6.20. The zero-order valence-electron chi connectivity index (χ0n) is 21.2. The van der Waals surface area contributed by atoms with Gasteiger partial charge >= 0.3 is 0 Å². The minimum absolute atomic E-state index is 0.000384. The number of alkyl halides is 1. The lowest BCUT2D eigenvalue weighted by molar-refractivity contribution is -0.129. The Labute approximate surface area is 224 Å². The molecule has 2 heterocycles. The molecule has 6 heteroatoms. The Kier molecular flexibility index (Phi) is 8.77. The van der Waals surface area contributed by atoms with Gasteiger partial charge < -0.3 is 19.3 Å². The van der Waals surface area contributed by atoms with E-state index in [1.807, 2.05) is 30.3 Å². The molecule has 3 aromatic rings. The van der Waals surface area contributed by atoms with E-state index in [0.717, 1.165) is 43.8 Å². The number of fused-ring (bicyclic) bond motifs is 1. The van der Waals surface area contributed by atoms with Crippen molar-refractivity contribution in [3.63, 3.8) is 0 Å². The van der Waals surface area contributed by atoms with E-state index in [1.165, 1.54) is 16.3 Å². The van der Waals surface area contributed by atoms with Crippen molar-refractivity contribution < 1.29 is 14.3 Å². The summed E-state index contributed by atoms with van der Waals surface area (Å²) < 4.78 is 11.4. The van der Waals surface area contributed by atoms with Gasteiger partial charge in [-0.25, -0.2) is 0 Å². The minimum atomic E-state index is -0.107. The fourth-order valence-corrected chi connectivity index (χ4v) is 5.48. The van der Waals surface area contributed by atoms with E-state index >= 15 is 0 Å². The highest BCUT2D eigenvalue weighted by atomic mass is 35.5. The Bertz CT molecular complexity index is 1220. The molecular formula is C31H35ClN2O3. The highest BCUT2D eigenvalue weighted by Gasteiger charge is 2.23. The summed E-state index contributed by atoms with van der Waals surface area (Å²) in [5, 5.41) is 2.51. The van der Waals surface area contributed by atoms with Crippen LogP contribution in [0, 0.1) is 0 Å². The topological polar surface area (TPSA) is 42.0 Å². The van der Waals surface area contributed by atoms with Crippen LogP contribution in [0.5, 0.6) is 5.75 Å². The molecule has 0 aromatic heterocycles. The molecule has 2 saturated heterocycles. The molecule has 0 bridgehead atoms. The zero-order valence-corrected chi connectivity index (χ0v) is 22.0. The van der Waals surface area contributed by atoms with Gasteiger partial charge in [-0.1, -0.05) is 60.7 Å². The Morgan fingerprint density at radius 3 is 2.51 bits per heavy atom. The highest BCUT2D eigenvalue weighted by Crippen LogP contribution is 2.30. The number of benzene rings is 3. The molecule has 5 rings (SSSR count). The maximum absolute atomic E-state index is 12.5. The van der Waals surface area contributed by atoms with E-state index in [0.29, 0.717) is 38.8 Å². The van der Waals surface area contributed by atoms with Crippen LogP contribution in [0.15, 0.2) is 72.8 Å². The number of hydrogen-bond acceptors (Lipinski definition) is 4.